The van der Waals surface area contributed by atoms with E-state index >= 15 is 0 Å². The molecule has 7 nitrogen and oxygen atoms in total. The molecule has 0 fully saturated rings. The molecule has 22 heavy (non-hydrogen) atoms. The number of amides is 1. The number of hydrogen-bond acceptors (Lipinski definition) is 5. The first kappa shape index (κ1) is 14.2. The van der Waals surface area contributed by atoms with Crippen molar-refractivity contribution in [3.05, 3.63) is 45.6 Å². The standard InChI is InChI=1S/C15H16N4O3/c1-8-6-9-10(7-8)19(2)14(22)11(12(9)20)13(21)18-15-16-4-3-5-17-15/h3-5,8,20H,6-7H2,1-2H3,(H,16,17,18,21)/t8-/m0/s1. The number of nitrogens with zero attached hydrogens (tertiary/aromatic N) is 3. The van der Waals surface area contributed by atoms with E-state index in [4.69, 9.17) is 0 Å². The number of fused-ring (bicyclic) bond motifs is 1. The van der Waals surface area contributed by atoms with Crippen molar-refractivity contribution < 1.29 is 9.90 Å². The van der Waals surface area contributed by atoms with Crippen LogP contribution < -0.4 is 10.9 Å². The van der Waals surface area contributed by atoms with Crippen LogP contribution in [0.25, 0.3) is 0 Å². The van der Waals surface area contributed by atoms with Crippen LogP contribution in [-0.4, -0.2) is 25.5 Å². The maximum Gasteiger partial charge on any atom is 0.267 e. The second-order valence-electron chi connectivity index (χ2n) is 5.55. The van der Waals surface area contributed by atoms with Crippen LogP contribution in [-0.2, 0) is 19.9 Å². The number of carbonyl (C=O) groups is 1. The first-order valence-electron chi connectivity index (χ1n) is 7.01. The van der Waals surface area contributed by atoms with E-state index in [0.717, 1.165) is 12.1 Å². The molecule has 1 amide bonds. The van der Waals surface area contributed by atoms with Gasteiger partial charge in [-0.05, 0) is 24.8 Å². The second kappa shape index (κ2) is 5.25. The van der Waals surface area contributed by atoms with Crippen molar-refractivity contribution in [1.82, 2.24) is 14.5 Å². The third-order valence-electron chi connectivity index (χ3n) is 3.91. The molecular formula is C15H16N4O3. The summed E-state index contributed by atoms with van der Waals surface area (Å²) < 4.78 is 1.44. The molecule has 1 aliphatic rings. The summed E-state index contributed by atoms with van der Waals surface area (Å²) in [4.78, 5) is 32.5. The molecule has 2 N–H and O–H groups in total. The highest BCUT2D eigenvalue weighted by Gasteiger charge is 2.30. The molecule has 1 aliphatic carbocycles. The van der Waals surface area contributed by atoms with E-state index in [9.17, 15) is 14.7 Å². The summed E-state index contributed by atoms with van der Waals surface area (Å²) in [5.41, 5.74) is 0.692. The van der Waals surface area contributed by atoms with Gasteiger partial charge in [-0.1, -0.05) is 6.92 Å². The van der Waals surface area contributed by atoms with Gasteiger partial charge in [-0.25, -0.2) is 9.97 Å². The van der Waals surface area contributed by atoms with Gasteiger partial charge in [0.15, 0.2) is 0 Å². The van der Waals surface area contributed by atoms with Gasteiger partial charge < -0.3 is 9.67 Å². The van der Waals surface area contributed by atoms with Crippen LogP contribution >= 0.6 is 0 Å². The molecule has 3 rings (SSSR count). The molecule has 7 heteroatoms. The smallest absolute Gasteiger partial charge is 0.267 e. The number of carbonyl (C=O) groups excluding carboxylic acids is 1. The Balaban J connectivity index is 2.05. The minimum absolute atomic E-state index is 0.0859. The molecule has 0 radical (unpaired) electrons. The molecule has 2 heterocycles. The summed E-state index contributed by atoms with van der Waals surface area (Å²) in [6.45, 7) is 2.04. The van der Waals surface area contributed by atoms with Crippen molar-refractivity contribution in [3.8, 4) is 5.75 Å². The van der Waals surface area contributed by atoms with Gasteiger partial charge in [0.1, 0.15) is 11.3 Å². The van der Waals surface area contributed by atoms with Crippen LogP contribution in [0.4, 0.5) is 5.95 Å². The van der Waals surface area contributed by atoms with Crippen molar-refractivity contribution in [3.63, 3.8) is 0 Å². The van der Waals surface area contributed by atoms with Gasteiger partial charge in [-0.2, -0.15) is 0 Å². The van der Waals surface area contributed by atoms with Crippen LogP contribution in [0.1, 0.15) is 28.5 Å². The van der Waals surface area contributed by atoms with Gasteiger partial charge in [-0.3, -0.25) is 14.9 Å². The Kier molecular flexibility index (Phi) is 3.40. The third kappa shape index (κ3) is 2.24. The molecule has 0 saturated heterocycles. The minimum Gasteiger partial charge on any atom is -0.507 e. The Labute approximate surface area is 126 Å². The highest BCUT2D eigenvalue weighted by Crippen LogP contribution is 2.33. The molecule has 1 atom stereocenters. The van der Waals surface area contributed by atoms with Crippen molar-refractivity contribution in [2.75, 3.05) is 5.32 Å². The van der Waals surface area contributed by atoms with E-state index in [1.165, 1.54) is 17.0 Å². The zero-order valence-corrected chi connectivity index (χ0v) is 12.3. The Morgan fingerprint density at radius 3 is 2.73 bits per heavy atom. The lowest BCUT2D eigenvalue weighted by Crippen LogP contribution is -2.30. The molecule has 0 spiro atoms. The number of anilines is 1. The van der Waals surface area contributed by atoms with Crippen molar-refractivity contribution in [2.24, 2.45) is 13.0 Å². The minimum atomic E-state index is -0.702. The zero-order chi connectivity index (χ0) is 15.9. The van der Waals surface area contributed by atoms with Crippen LogP contribution in [0.2, 0.25) is 0 Å². The predicted molar refractivity (Wildman–Crippen MR) is 79.9 cm³/mol. The molecule has 0 saturated carbocycles. The second-order valence-corrected chi connectivity index (χ2v) is 5.55. The first-order chi connectivity index (χ1) is 10.5. The fraction of sp³-hybridized carbons (Fsp3) is 0.333. The number of rotatable bonds is 2. The number of hydrogen-bond donors (Lipinski definition) is 2. The SMILES string of the molecule is C[C@H]1Cc2c(O)c(C(=O)Nc3ncccn3)c(=O)n(C)c2C1. The summed E-state index contributed by atoms with van der Waals surface area (Å²) in [6.07, 6.45) is 4.33. The summed E-state index contributed by atoms with van der Waals surface area (Å²) in [5, 5.41) is 12.8. The Morgan fingerprint density at radius 2 is 2.05 bits per heavy atom. The van der Waals surface area contributed by atoms with Gasteiger partial charge in [0, 0.05) is 30.7 Å². The van der Waals surface area contributed by atoms with Gasteiger partial charge in [0.05, 0.1) is 0 Å². The summed E-state index contributed by atoms with van der Waals surface area (Å²) in [6, 6.07) is 1.61. The number of pyridine rings is 1. The molecule has 114 valence electrons. The highest BCUT2D eigenvalue weighted by atomic mass is 16.3. The van der Waals surface area contributed by atoms with E-state index in [0.29, 0.717) is 17.9 Å². The van der Waals surface area contributed by atoms with Crippen molar-refractivity contribution >= 4 is 11.9 Å². The van der Waals surface area contributed by atoms with Gasteiger partial charge in [-0.15, -0.1) is 0 Å². The maximum atomic E-state index is 12.4. The van der Waals surface area contributed by atoms with Crippen LogP contribution in [0.5, 0.6) is 5.75 Å². The molecule has 0 bridgehead atoms. The van der Waals surface area contributed by atoms with Crippen LogP contribution in [0.15, 0.2) is 23.3 Å². The predicted octanol–water partition coefficient (Wildman–Crippen LogP) is 0.868. The van der Waals surface area contributed by atoms with E-state index < -0.39 is 11.5 Å². The number of nitrogens with one attached hydrogen (secondary N) is 1. The average Bonchev–Trinajstić information content (AvgIpc) is 2.88. The maximum absolute atomic E-state index is 12.4. The largest absolute Gasteiger partial charge is 0.507 e. The van der Waals surface area contributed by atoms with Gasteiger partial charge in [0.25, 0.3) is 11.5 Å². The van der Waals surface area contributed by atoms with E-state index in [1.54, 1.807) is 13.1 Å². The summed E-state index contributed by atoms with van der Waals surface area (Å²) >= 11 is 0. The molecule has 2 aromatic heterocycles. The molecule has 0 aromatic carbocycles. The first-order valence-corrected chi connectivity index (χ1v) is 7.01. The van der Waals surface area contributed by atoms with E-state index in [1.807, 2.05) is 6.92 Å². The normalized spacial score (nSPS) is 16.4. The lowest BCUT2D eigenvalue weighted by molar-refractivity contribution is 0.102. The molecule has 0 aliphatic heterocycles. The number of aromatic hydroxyl groups is 1. The average molecular weight is 300 g/mol. The highest BCUT2D eigenvalue weighted by molar-refractivity contribution is 6.05. The Bertz CT molecular complexity index is 799. The molecule has 2 aromatic rings. The van der Waals surface area contributed by atoms with Crippen molar-refractivity contribution in [2.45, 2.75) is 19.8 Å². The van der Waals surface area contributed by atoms with Gasteiger partial charge >= 0.3 is 0 Å². The van der Waals surface area contributed by atoms with Crippen molar-refractivity contribution in [1.29, 1.82) is 0 Å². The number of aromatic nitrogens is 3. The molecular weight excluding hydrogens is 284 g/mol. The van der Waals surface area contributed by atoms with Crippen LogP contribution in [0.3, 0.4) is 0 Å². The fourth-order valence-electron chi connectivity index (χ4n) is 2.84. The van der Waals surface area contributed by atoms with E-state index in [2.05, 4.69) is 15.3 Å². The topological polar surface area (TPSA) is 97.1 Å². The molecule has 0 unspecified atom stereocenters. The van der Waals surface area contributed by atoms with Gasteiger partial charge in [0.2, 0.25) is 5.95 Å². The summed E-state index contributed by atoms with van der Waals surface area (Å²) in [5.74, 6) is -0.507. The monoisotopic (exact) mass is 300 g/mol. The van der Waals surface area contributed by atoms with E-state index in [-0.39, 0.29) is 17.3 Å². The zero-order valence-electron chi connectivity index (χ0n) is 12.3. The quantitative estimate of drug-likeness (QED) is 0.857. The fourth-order valence-corrected chi connectivity index (χ4v) is 2.84. The Morgan fingerprint density at radius 1 is 1.36 bits per heavy atom. The summed E-state index contributed by atoms with van der Waals surface area (Å²) in [7, 11) is 1.62. The Hall–Kier alpha value is -2.70. The lowest BCUT2D eigenvalue weighted by Gasteiger charge is -2.12. The van der Waals surface area contributed by atoms with Crippen LogP contribution in [0, 0.1) is 5.92 Å². The third-order valence-corrected chi connectivity index (χ3v) is 3.91. The lowest BCUT2D eigenvalue weighted by atomic mass is 10.1.